The van der Waals surface area contributed by atoms with Crippen LogP contribution in [-0.2, 0) is 10.9 Å². The molecule has 1 aliphatic rings. The predicted octanol–water partition coefficient (Wildman–Crippen LogP) is 2.84. The van der Waals surface area contributed by atoms with Crippen LogP contribution in [0.1, 0.15) is 22.3 Å². The first-order chi connectivity index (χ1) is 15.3. The van der Waals surface area contributed by atoms with Crippen LogP contribution >= 0.6 is 0 Å². The first-order valence-corrected chi connectivity index (χ1v) is 10.3. The third kappa shape index (κ3) is 6.57. The van der Waals surface area contributed by atoms with Gasteiger partial charge in [0.1, 0.15) is 24.3 Å². The second-order valence-corrected chi connectivity index (χ2v) is 7.52. The van der Waals surface area contributed by atoms with Crippen LogP contribution in [0, 0.1) is 0 Å². The predicted molar refractivity (Wildman–Crippen MR) is 112 cm³/mol. The number of methoxy groups -OCH3 is 1. The number of ether oxygens (including phenoxy) is 2. The monoisotopic (exact) mass is 453 g/mol. The number of halogens is 3. The Morgan fingerprint density at radius 1 is 1.12 bits per heavy atom. The van der Waals surface area contributed by atoms with Crippen LogP contribution in [0.5, 0.6) is 5.75 Å². The highest BCUT2D eigenvalue weighted by Crippen LogP contribution is 2.29. The number of pyridine rings is 1. The maximum absolute atomic E-state index is 12.7. The molecule has 0 radical (unpaired) electrons. The molecule has 2 heterocycles. The van der Waals surface area contributed by atoms with Crippen molar-refractivity contribution in [3.8, 4) is 5.75 Å². The summed E-state index contributed by atoms with van der Waals surface area (Å²) in [5.41, 5.74) is -0.349. The van der Waals surface area contributed by atoms with Crippen molar-refractivity contribution in [3.05, 3.63) is 53.7 Å². The highest BCUT2D eigenvalue weighted by Gasteiger charge is 2.31. The van der Waals surface area contributed by atoms with Gasteiger partial charge in [0.2, 0.25) is 0 Å². The number of β-amino-alcohol motifs (C(OH)–C–C–N with tert-alkyl or cyclic N) is 1. The molecule has 0 aliphatic carbocycles. The molecular weight excluding hydrogens is 427 g/mol. The third-order valence-corrected chi connectivity index (χ3v) is 5.17. The van der Waals surface area contributed by atoms with E-state index >= 15 is 0 Å². The van der Waals surface area contributed by atoms with Gasteiger partial charge in [-0.15, -0.1) is 0 Å². The molecule has 1 N–H and O–H groups in total. The molecule has 174 valence electrons. The summed E-state index contributed by atoms with van der Waals surface area (Å²) < 4.78 is 48.4. The normalized spacial score (nSPS) is 16.3. The lowest BCUT2D eigenvalue weighted by Crippen LogP contribution is -2.38. The van der Waals surface area contributed by atoms with Crippen molar-refractivity contribution < 1.29 is 32.5 Å². The number of esters is 1. The minimum absolute atomic E-state index is 0.0955. The summed E-state index contributed by atoms with van der Waals surface area (Å²) in [5.74, 6) is 0.615. The average Bonchev–Trinajstić information content (AvgIpc) is 3.02. The van der Waals surface area contributed by atoms with Crippen LogP contribution < -0.4 is 9.64 Å². The second kappa shape index (κ2) is 10.6. The van der Waals surface area contributed by atoms with Gasteiger partial charge in [0.25, 0.3) is 0 Å². The average molecular weight is 453 g/mol. The molecule has 1 saturated heterocycles. The highest BCUT2D eigenvalue weighted by atomic mass is 19.4. The summed E-state index contributed by atoms with van der Waals surface area (Å²) in [6.45, 7) is 3.18. The van der Waals surface area contributed by atoms with E-state index in [-0.39, 0.29) is 6.61 Å². The van der Waals surface area contributed by atoms with Gasteiger partial charge in [0.05, 0.1) is 18.2 Å². The van der Waals surface area contributed by atoms with E-state index in [1.807, 2.05) is 4.90 Å². The standard InChI is InChI=1S/C22H26F3N3O4/c1-31-21(30)16-3-6-19(7-4-16)32-15-18(29)14-27-9-2-10-28(12-11-27)20-8-5-17(13-26-20)22(23,24)25/h3-8,13,18,29H,2,9-12,14-15H2,1H3. The highest BCUT2D eigenvalue weighted by molar-refractivity contribution is 5.89. The van der Waals surface area contributed by atoms with Gasteiger partial charge in [-0.3, -0.25) is 4.90 Å². The summed E-state index contributed by atoms with van der Waals surface area (Å²) in [5, 5.41) is 10.4. The van der Waals surface area contributed by atoms with Crippen LogP contribution in [0.15, 0.2) is 42.6 Å². The Bertz CT molecular complexity index is 875. The van der Waals surface area contributed by atoms with E-state index in [0.29, 0.717) is 43.3 Å². The number of nitrogens with zero attached hydrogens (tertiary/aromatic N) is 3. The summed E-state index contributed by atoms with van der Waals surface area (Å²) in [6.07, 6.45) is -3.46. The van der Waals surface area contributed by atoms with Gasteiger partial charge in [-0.25, -0.2) is 9.78 Å². The topological polar surface area (TPSA) is 75.1 Å². The van der Waals surface area contributed by atoms with E-state index < -0.39 is 23.8 Å². The largest absolute Gasteiger partial charge is 0.491 e. The quantitative estimate of drug-likeness (QED) is 0.647. The van der Waals surface area contributed by atoms with E-state index in [0.717, 1.165) is 25.2 Å². The number of anilines is 1. The van der Waals surface area contributed by atoms with Gasteiger partial charge in [-0.2, -0.15) is 13.2 Å². The number of rotatable bonds is 7. The number of aliphatic hydroxyl groups is 1. The number of aliphatic hydroxyl groups excluding tert-OH is 1. The third-order valence-electron chi connectivity index (χ3n) is 5.17. The molecule has 0 saturated carbocycles. The van der Waals surface area contributed by atoms with Gasteiger partial charge in [0.15, 0.2) is 0 Å². The number of carbonyl (C=O) groups is 1. The summed E-state index contributed by atoms with van der Waals surface area (Å²) in [7, 11) is 1.31. The Balaban J connectivity index is 1.45. The maximum Gasteiger partial charge on any atom is 0.417 e. The molecule has 1 aromatic heterocycles. The van der Waals surface area contributed by atoms with Crippen molar-refractivity contribution in [3.63, 3.8) is 0 Å². The molecule has 1 aromatic carbocycles. The lowest BCUT2D eigenvalue weighted by atomic mass is 10.2. The first-order valence-electron chi connectivity index (χ1n) is 10.3. The van der Waals surface area contributed by atoms with Crippen molar-refractivity contribution in [2.45, 2.75) is 18.7 Å². The summed E-state index contributed by atoms with van der Waals surface area (Å²) >= 11 is 0. The van der Waals surface area contributed by atoms with Crippen LogP contribution in [-0.4, -0.2) is 73.5 Å². The maximum atomic E-state index is 12.7. The lowest BCUT2D eigenvalue weighted by molar-refractivity contribution is -0.137. The molecule has 1 aliphatic heterocycles. The van der Waals surface area contributed by atoms with E-state index in [1.54, 1.807) is 24.3 Å². The van der Waals surface area contributed by atoms with Crippen molar-refractivity contribution >= 4 is 11.8 Å². The Morgan fingerprint density at radius 3 is 2.50 bits per heavy atom. The van der Waals surface area contributed by atoms with Gasteiger partial charge >= 0.3 is 12.1 Å². The van der Waals surface area contributed by atoms with E-state index in [2.05, 4.69) is 14.6 Å². The number of alkyl halides is 3. The number of carbonyl (C=O) groups excluding carboxylic acids is 1. The molecule has 32 heavy (non-hydrogen) atoms. The van der Waals surface area contributed by atoms with Crippen LogP contribution in [0.25, 0.3) is 0 Å². The number of hydrogen-bond acceptors (Lipinski definition) is 7. The SMILES string of the molecule is COC(=O)c1ccc(OCC(O)CN2CCCN(c3ccc(C(F)(F)F)cn3)CC2)cc1. The van der Waals surface area contributed by atoms with Crippen molar-refractivity contribution in [2.75, 3.05) is 51.3 Å². The second-order valence-electron chi connectivity index (χ2n) is 7.52. The Morgan fingerprint density at radius 2 is 1.88 bits per heavy atom. The fourth-order valence-corrected chi connectivity index (χ4v) is 3.47. The van der Waals surface area contributed by atoms with E-state index in [4.69, 9.17) is 4.74 Å². The molecule has 0 amide bonds. The van der Waals surface area contributed by atoms with Crippen molar-refractivity contribution in [1.82, 2.24) is 9.88 Å². The van der Waals surface area contributed by atoms with Crippen LogP contribution in [0.2, 0.25) is 0 Å². The zero-order chi connectivity index (χ0) is 23.1. The van der Waals surface area contributed by atoms with Crippen molar-refractivity contribution in [2.24, 2.45) is 0 Å². The fraction of sp³-hybridized carbons (Fsp3) is 0.455. The minimum Gasteiger partial charge on any atom is -0.491 e. The smallest absolute Gasteiger partial charge is 0.417 e. The van der Waals surface area contributed by atoms with Gasteiger partial charge in [-0.05, 0) is 49.4 Å². The zero-order valence-electron chi connectivity index (χ0n) is 17.7. The Labute approximate surface area is 184 Å². The molecule has 2 aromatic rings. The Hall–Kier alpha value is -2.85. The number of aromatic nitrogens is 1. The minimum atomic E-state index is -4.40. The van der Waals surface area contributed by atoms with E-state index in [1.165, 1.54) is 13.2 Å². The number of hydrogen-bond donors (Lipinski definition) is 1. The molecular formula is C22H26F3N3O4. The van der Waals surface area contributed by atoms with Gasteiger partial charge in [0, 0.05) is 32.4 Å². The summed E-state index contributed by atoms with van der Waals surface area (Å²) in [6, 6.07) is 8.90. The van der Waals surface area contributed by atoms with Crippen LogP contribution in [0.3, 0.4) is 0 Å². The molecule has 1 unspecified atom stereocenters. The van der Waals surface area contributed by atoms with Crippen LogP contribution in [0.4, 0.5) is 19.0 Å². The lowest BCUT2D eigenvalue weighted by Gasteiger charge is -2.24. The van der Waals surface area contributed by atoms with E-state index in [9.17, 15) is 23.1 Å². The van der Waals surface area contributed by atoms with Gasteiger partial charge < -0.3 is 19.5 Å². The number of benzene rings is 1. The molecule has 1 fully saturated rings. The summed E-state index contributed by atoms with van der Waals surface area (Å²) in [4.78, 5) is 19.5. The Kier molecular flexibility index (Phi) is 7.92. The van der Waals surface area contributed by atoms with Crippen molar-refractivity contribution in [1.29, 1.82) is 0 Å². The molecule has 0 bridgehead atoms. The molecule has 1 atom stereocenters. The first kappa shape index (κ1) is 23.8. The molecule has 3 rings (SSSR count). The fourth-order valence-electron chi connectivity index (χ4n) is 3.47. The zero-order valence-corrected chi connectivity index (χ0v) is 17.7. The molecule has 0 spiro atoms. The molecule has 10 heteroatoms. The molecule has 7 nitrogen and oxygen atoms in total. The van der Waals surface area contributed by atoms with Gasteiger partial charge in [-0.1, -0.05) is 0 Å².